The van der Waals surface area contributed by atoms with Crippen molar-refractivity contribution >= 4 is 16.9 Å². The van der Waals surface area contributed by atoms with Gasteiger partial charge in [0.05, 0.1) is 5.39 Å². The molecule has 2 saturated heterocycles. The summed E-state index contributed by atoms with van der Waals surface area (Å²) in [5.74, 6) is 2.16. The maximum absolute atomic E-state index is 6.39. The lowest BCUT2D eigenvalue weighted by molar-refractivity contribution is 0.114. The molecule has 4 aromatic rings. The average Bonchev–Trinajstić information content (AvgIpc) is 3.31. The van der Waals surface area contributed by atoms with Crippen LogP contribution in [-0.2, 0) is 0 Å². The highest BCUT2D eigenvalue weighted by Crippen LogP contribution is 2.37. The number of nitrogen functional groups attached to an aromatic ring is 1. The summed E-state index contributed by atoms with van der Waals surface area (Å²) < 4.78 is 8.32. The van der Waals surface area contributed by atoms with Gasteiger partial charge < -0.3 is 25.3 Å². The number of fused-ring (bicyclic) bond motifs is 1. The molecule has 7 heteroatoms. The van der Waals surface area contributed by atoms with Crippen LogP contribution in [0.5, 0.6) is 11.5 Å². The minimum Gasteiger partial charge on any atom is -0.457 e. The van der Waals surface area contributed by atoms with Crippen LogP contribution in [0.3, 0.4) is 0 Å². The van der Waals surface area contributed by atoms with Gasteiger partial charge in [0.25, 0.3) is 0 Å². The zero-order chi connectivity index (χ0) is 23.6. The van der Waals surface area contributed by atoms with Crippen LogP contribution in [0.4, 0.5) is 5.82 Å². The molecule has 0 radical (unpaired) electrons. The van der Waals surface area contributed by atoms with E-state index in [0.29, 0.717) is 11.9 Å². The molecule has 2 aliphatic rings. The van der Waals surface area contributed by atoms with Crippen molar-refractivity contribution in [3.8, 4) is 22.6 Å². The van der Waals surface area contributed by atoms with Gasteiger partial charge >= 0.3 is 0 Å². The lowest BCUT2D eigenvalue weighted by Crippen LogP contribution is -2.46. The van der Waals surface area contributed by atoms with Crippen molar-refractivity contribution < 1.29 is 4.74 Å². The van der Waals surface area contributed by atoms with Crippen molar-refractivity contribution in [3.05, 3.63) is 67.1 Å². The Labute approximate surface area is 205 Å². The van der Waals surface area contributed by atoms with E-state index in [1.54, 1.807) is 6.33 Å². The van der Waals surface area contributed by atoms with Crippen molar-refractivity contribution in [2.24, 2.45) is 0 Å². The van der Waals surface area contributed by atoms with Crippen molar-refractivity contribution in [2.45, 2.75) is 37.8 Å². The predicted molar refractivity (Wildman–Crippen MR) is 140 cm³/mol. The molecular formula is C28H32N6O. The van der Waals surface area contributed by atoms with Crippen LogP contribution in [0.15, 0.2) is 67.1 Å². The smallest absolute Gasteiger partial charge is 0.146 e. The molecule has 6 rings (SSSR count). The van der Waals surface area contributed by atoms with E-state index in [0.717, 1.165) is 78.7 Å². The number of piperidine rings is 2. The van der Waals surface area contributed by atoms with Crippen molar-refractivity contribution in [2.75, 3.05) is 31.9 Å². The van der Waals surface area contributed by atoms with Crippen molar-refractivity contribution in [1.82, 2.24) is 24.8 Å². The number of nitrogens with zero attached hydrogens (tertiary/aromatic N) is 4. The van der Waals surface area contributed by atoms with Gasteiger partial charge in [0.15, 0.2) is 0 Å². The Hall–Kier alpha value is -3.42. The summed E-state index contributed by atoms with van der Waals surface area (Å²) in [7, 11) is 0. The Morgan fingerprint density at radius 1 is 0.829 bits per heavy atom. The molecular weight excluding hydrogens is 436 g/mol. The summed E-state index contributed by atoms with van der Waals surface area (Å²) in [6, 6.07) is 19.2. The molecule has 0 spiro atoms. The van der Waals surface area contributed by atoms with Crippen LogP contribution in [0, 0.1) is 0 Å². The maximum atomic E-state index is 6.39. The Morgan fingerprint density at radius 2 is 1.54 bits per heavy atom. The summed E-state index contributed by atoms with van der Waals surface area (Å²) in [5, 5.41) is 4.42. The van der Waals surface area contributed by atoms with E-state index < -0.39 is 0 Å². The first-order valence-electron chi connectivity index (χ1n) is 12.7. The number of hydrogen-bond acceptors (Lipinski definition) is 6. The fourth-order valence-electron chi connectivity index (χ4n) is 5.63. The van der Waals surface area contributed by atoms with Gasteiger partial charge in [0.1, 0.15) is 29.3 Å². The number of ether oxygens (including phenoxy) is 1. The average molecular weight is 469 g/mol. The molecule has 2 aliphatic heterocycles. The van der Waals surface area contributed by atoms with Gasteiger partial charge in [-0.1, -0.05) is 30.3 Å². The quantitative estimate of drug-likeness (QED) is 0.435. The van der Waals surface area contributed by atoms with Crippen molar-refractivity contribution in [3.63, 3.8) is 0 Å². The highest BCUT2D eigenvalue weighted by atomic mass is 16.5. The van der Waals surface area contributed by atoms with Gasteiger partial charge in [-0.25, -0.2) is 9.97 Å². The molecule has 0 saturated carbocycles. The summed E-state index contributed by atoms with van der Waals surface area (Å²) in [4.78, 5) is 11.7. The molecule has 2 aromatic carbocycles. The number of nitrogens with one attached hydrogen (secondary N) is 1. The second kappa shape index (κ2) is 9.68. The van der Waals surface area contributed by atoms with Crippen LogP contribution in [0.25, 0.3) is 22.2 Å². The number of likely N-dealkylation sites (tertiary alicyclic amines) is 1. The molecule has 180 valence electrons. The van der Waals surface area contributed by atoms with Crippen LogP contribution >= 0.6 is 0 Å². The Kier molecular flexibility index (Phi) is 6.10. The number of anilines is 1. The number of nitrogens with two attached hydrogens (primary N) is 1. The van der Waals surface area contributed by atoms with Crippen LogP contribution in [-0.4, -0.2) is 51.7 Å². The fourth-order valence-corrected chi connectivity index (χ4v) is 5.63. The first kappa shape index (κ1) is 22.1. The van der Waals surface area contributed by atoms with Gasteiger partial charge in [-0.3, -0.25) is 0 Å². The summed E-state index contributed by atoms with van der Waals surface area (Å²) in [6.45, 7) is 4.55. The van der Waals surface area contributed by atoms with E-state index in [1.165, 1.54) is 12.8 Å². The predicted octanol–water partition coefficient (Wildman–Crippen LogP) is 4.86. The van der Waals surface area contributed by atoms with Gasteiger partial charge in [-0.05, 0) is 68.6 Å². The number of hydrogen-bond donors (Lipinski definition) is 2. The first-order valence-corrected chi connectivity index (χ1v) is 12.7. The lowest BCUT2D eigenvalue weighted by atomic mass is 9.98. The lowest BCUT2D eigenvalue weighted by Gasteiger charge is -2.39. The normalized spacial score (nSPS) is 18.2. The molecule has 35 heavy (non-hydrogen) atoms. The Morgan fingerprint density at radius 3 is 2.29 bits per heavy atom. The van der Waals surface area contributed by atoms with E-state index in [-0.39, 0.29) is 0 Å². The third-order valence-electron chi connectivity index (χ3n) is 7.50. The van der Waals surface area contributed by atoms with Crippen molar-refractivity contribution in [1.29, 1.82) is 0 Å². The maximum Gasteiger partial charge on any atom is 0.146 e. The van der Waals surface area contributed by atoms with E-state index in [9.17, 15) is 0 Å². The molecule has 4 heterocycles. The third kappa shape index (κ3) is 4.49. The number of para-hydroxylation sites is 1. The molecule has 2 fully saturated rings. The van der Waals surface area contributed by atoms with E-state index in [4.69, 9.17) is 10.5 Å². The largest absolute Gasteiger partial charge is 0.457 e. The Bertz CT molecular complexity index is 1270. The highest BCUT2D eigenvalue weighted by molar-refractivity contribution is 6.00. The third-order valence-corrected chi connectivity index (χ3v) is 7.50. The number of benzene rings is 2. The molecule has 3 N–H and O–H groups in total. The fraction of sp³-hybridized carbons (Fsp3) is 0.357. The molecule has 0 atom stereocenters. The Balaban J connectivity index is 1.26. The molecule has 7 nitrogen and oxygen atoms in total. The first-order chi connectivity index (χ1) is 17.3. The monoisotopic (exact) mass is 468 g/mol. The molecule has 0 aliphatic carbocycles. The molecule has 0 bridgehead atoms. The number of rotatable bonds is 5. The summed E-state index contributed by atoms with van der Waals surface area (Å²) >= 11 is 0. The molecule has 2 aromatic heterocycles. The number of aromatic nitrogens is 3. The minimum absolute atomic E-state index is 0.416. The van der Waals surface area contributed by atoms with E-state index in [2.05, 4.69) is 43.1 Å². The molecule has 0 unspecified atom stereocenters. The van der Waals surface area contributed by atoms with Gasteiger partial charge in [-0.15, -0.1) is 0 Å². The van der Waals surface area contributed by atoms with E-state index >= 15 is 0 Å². The topological polar surface area (TPSA) is 81.2 Å². The summed E-state index contributed by atoms with van der Waals surface area (Å²) in [5.41, 5.74) is 9.47. The van der Waals surface area contributed by atoms with Crippen LogP contribution in [0.1, 0.15) is 31.7 Å². The standard InChI is InChI=1S/C28H32N6O/c29-27-26-25(20-6-8-24(9-7-20)35-23-4-2-1-3-5-23)18-34(28(26)32-19-31-27)22-12-16-33(17-13-22)21-10-14-30-15-11-21/h1-9,18-19,21-22,30H,10-17H2,(H2,29,31,32). The van der Waals surface area contributed by atoms with Gasteiger partial charge in [0.2, 0.25) is 0 Å². The minimum atomic E-state index is 0.416. The van der Waals surface area contributed by atoms with E-state index in [1.807, 2.05) is 42.5 Å². The van der Waals surface area contributed by atoms with Crippen LogP contribution in [0.2, 0.25) is 0 Å². The SMILES string of the molecule is Nc1ncnc2c1c(-c1ccc(Oc3ccccc3)cc1)cn2C1CCN(C2CCNCC2)CC1. The van der Waals surface area contributed by atoms with Gasteiger partial charge in [-0.2, -0.15) is 0 Å². The summed E-state index contributed by atoms with van der Waals surface area (Å²) in [6.07, 6.45) is 8.58. The zero-order valence-corrected chi connectivity index (χ0v) is 19.9. The van der Waals surface area contributed by atoms with Crippen LogP contribution < -0.4 is 15.8 Å². The second-order valence-electron chi connectivity index (χ2n) is 9.60. The van der Waals surface area contributed by atoms with Gasteiger partial charge in [0, 0.05) is 36.9 Å². The highest BCUT2D eigenvalue weighted by Gasteiger charge is 2.28. The zero-order valence-electron chi connectivity index (χ0n) is 19.9. The second-order valence-corrected chi connectivity index (χ2v) is 9.60. The molecule has 0 amide bonds.